The standard InChI is InChI=1S/C17H28N2O3/c1-4-20-11-15-6-5-7-17(15)12-19(8-9-21-17)10-16-13(2)18-22-14(16)3/h15H,4-12H2,1-3H3/t15-,17+/m1/s1. The van der Waals surface area contributed by atoms with Gasteiger partial charge in [0, 0.05) is 37.7 Å². The Hall–Kier alpha value is -0.910. The van der Waals surface area contributed by atoms with E-state index in [1.165, 1.54) is 18.4 Å². The van der Waals surface area contributed by atoms with E-state index in [2.05, 4.69) is 17.0 Å². The first-order valence-corrected chi connectivity index (χ1v) is 8.50. The molecule has 0 unspecified atom stereocenters. The lowest BCUT2D eigenvalue weighted by Crippen LogP contribution is -2.54. The molecular formula is C17H28N2O3. The number of nitrogens with zero attached hydrogens (tertiary/aromatic N) is 2. The van der Waals surface area contributed by atoms with Crippen molar-refractivity contribution in [3.63, 3.8) is 0 Å². The van der Waals surface area contributed by atoms with Crippen molar-refractivity contribution in [2.24, 2.45) is 5.92 Å². The van der Waals surface area contributed by atoms with Crippen LogP contribution in [0, 0.1) is 19.8 Å². The zero-order valence-corrected chi connectivity index (χ0v) is 14.1. The van der Waals surface area contributed by atoms with Crippen molar-refractivity contribution in [1.29, 1.82) is 0 Å². The van der Waals surface area contributed by atoms with Crippen LogP contribution >= 0.6 is 0 Å². The van der Waals surface area contributed by atoms with Crippen molar-refractivity contribution in [3.8, 4) is 0 Å². The van der Waals surface area contributed by atoms with E-state index in [-0.39, 0.29) is 5.60 Å². The molecule has 2 aliphatic rings. The molecule has 0 aromatic carbocycles. The molecule has 1 aliphatic carbocycles. The third-order valence-electron chi connectivity index (χ3n) is 5.27. The first-order chi connectivity index (χ1) is 10.6. The van der Waals surface area contributed by atoms with Gasteiger partial charge in [-0.1, -0.05) is 11.6 Å². The maximum absolute atomic E-state index is 6.29. The Balaban J connectivity index is 1.68. The lowest BCUT2D eigenvalue weighted by molar-refractivity contribution is -0.142. The highest BCUT2D eigenvalue weighted by atomic mass is 16.5. The molecule has 1 aromatic heterocycles. The van der Waals surface area contributed by atoms with Crippen LogP contribution in [0.25, 0.3) is 0 Å². The van der Waals surface area contributed by atoms with Gasteiger partial charge in [0.2, 0.25) is 0 Å². The van der Waals surface area contributed by atoms with Gasteiger partial charge in [-0.15, -0.1) is 0 Å². The van der Waals surface area contributed by atoms with Gasteiger partial charge >= 0.3 is 0 Å². The molecule has 0 bridgehead atoms. The van der Waals surface area contributed by atoms with E-state index in [1.54, 1.807) is 0 Å². The van der Waals surface area contributed by atoms with Gasteiger partial charge in [0.25, 0.3) is 0 Å². The number of hydrogen-bond acceptors (Lipinski definition) is 5. The Bertz CT molecular complexity index is 483. The SMILES string of the molecule is CCOC[C@H]1CCC[C@]12CN(Cc1c(C)noc1C)CCO2. The molecular weight excluding hydrogens is 280 g/mol. The van der Waals surface area contributed by atoms with Crippen LogP contribution in [0.1, 0.15) is 43.2 Å². The highest BCUT2D eigenvalue weighted by Gasteiger charge is 2.47. The van der Waals surface area contributed by atoms with Crippen LogP contribution in [0.2, 0.25) is 0 Å². The lowest BCUT2D eigenvalue weighted by atomic mass is 9.89. The molecule has 0 amide bonds. The molecule has 2 fully saturated rings. The summed E-state index contributed by atoms with van der Waals surface area (Å²) in [6, 6.07) is 0. The van der Waals surface area contributed by atoms with Gasteiger partial charge in [-0.2, -0.15) is 0 Å². The van der Waals surface area contributed by atoms with Gasteiger partial charge in [-0.05, 0) is 33.6 Å². The van der Waals surface area contributed by atoms with Crippen LogP contribution in [-0.2, 0) is 16.0 Å². The average molecular weight is 308 g/mol. The highest BCUT2D eigenvalue weighted by Crippen LogP contribution is 2.41. The summed E-state index contributed by atoms with van der Waals surface area (Å²) in [5.41, 5.74) is 2.23. The van der Waals surface area contributed by atoms with Crippen molar-refractivity contribution < 1.29 is 14.0 Å². The van der Waals surface area contributed by atoms with E-state index in [0.717, 1.165) is 57.3 Å². The predicted octanol–water partition coefficient (Wildman–Crippen LogP) is 2.70. The lowest BCUT2D eigenvalue weighted by Gasteiger charge is -2.44. The number of morpholine rings is 1. The fourth-order valence-corrected chi connectivity index (χ4v) is 3.98. The minimum absolute atomic E-state index is 0.00755. The molecule has 1 aliphatic heterocycles. The van der Waals surface area contributed by atoms with Crippen LogP contribution in [0.3, 0.4) is 0 Å². The fraction of sp³-hybridized carbons (Fsp3) is 0.824. The second-order valence-corrected chi connectivity index (χ2v) is 6.68. The van der Waals surface area contributed by atoms with Crippen LogP contribution in [0.5, 0.6) is 0 Å². The molecule has 1 spiro atoms. The maximum atomic E-state index is 6.29. The van der Waals surface area contributed by atoms with Crippen molar-refractivity contribution in [1.82, 2.24) is 10.1 Å². The van der Waals surface area contributed by atoms with Crippen molar-refractivity contribution in [2.45, 2.75) is 52.2 Å². The molecule has 1 saturated heterocycles. The number of hydrogen-bond donors (Lipinski definition) is 0. The Morgan fingerprint density at radius 1 is 1.41 bits per heavy atom. The van der Waals surface area contributed by atoms with E-state index >= 15 is 0 Å². The van der Waals surface area contributed by atoms with Crippen LogP contribution in [-0.4, -0.2) is 48.6 Å². The smallest absolute Gasteiger partial charge is 0.138 e. The number of ether oxygens (including phenoxy) is 2. The third-order valence-corrected chi connectivity index (χ3v) is 5.27. The molecule has 124 valence electrons. The van der Waals surface area contributed by atoms with Crippen LogP contribution in [0.4, 0.5) is 0 Å². The summed E-state index contributed by atoms with van der Waals surface area (Å²) < 4.78 is 17.3. The minimum Gasteiger partial charge on any atom is -0.381 e. The molecule has 2 heterocycles. The summed E-state index contributed by atoms with van der Waals surface area (Å²) in [7, 11) is 0. The van der Waals surface area contributed by atoms with Crippen molar-refractivity contribution in [2.75, 3.05) is 32.9 Å². The zero-order chi connectivity index (χ0) is 15.6. The van der Waals surface area contributed by atoms with Crippen LogP contribution in [0.15, 0.2) is 4.52 Å². The summed E-state index contributed by atoms with van der Waals surface area (Å²) in [6.45, 7) is 11.4. The quantitative estimate of drug-likeness (QED) is 0.837. The molecule has 1 aromatic rings. The molecule has 3 rings (SSSR count). The largest absolute Gasteiger partial charge is 0.381 e. The summed E-state index contributed by atoms with van der Waals surface area (Å²) >= 11 is 0. The Morgan fingerprint density at radius 3 is 3.00 bits per heavy atom. The molecule has 2 atom stereocenters. The second kappa shape index (κ2) is 6.69. The third kappa shape index (κ3) is 3.07. The van der Waals surface area contributed by atoms with E-state index < -0.39 is 0 Å². The topological polar surface area (TPSA) is 47.7 Å². The molecule has 1 saturated carbocycles. The maximum Gasteiger partial charge on any atom is 0.138 e. The van der Waals surface area contributed by atoms with Gasteiger partial charge in [0.15, 0.2) is 0 Å². The van der Waals surface area contributed by atoms with E-state index in [4.69, 9.17) is 14.0 Å². The summed E-state index contributed by atoms with van der Waals surface area (Å²) in [6.07, 6.45) is 3.62. The summed E-state index contributed by atoms with van der Waals surface area (Å²) in [4.78, 5) is 2.50. The van der Waals surface area contributed by atoms with Crippen molar-refractivity contribution in [3.05, 3.63) is 17.0 Å². The van der Waals surface area contributed by atoms with Gasteiger partial charge in [0.05, 0.1) is 24.5 Å². The monoisotopic (exact) mass is 308 g/mol. The Morgan fingerprint density at radius 2 is 2.27 bits per heavy atom. The van der Waals surface area contributed by atoms with E-state index in [9.17, 15) is 0 Å². The average Bonchev–Trinajstić information content (AvgIpc) is 3.03. The summed E-state index contributed by atoms with van der Waals surface area (Å²) in [5, 5.41) is 4.07. The molecule has 0 N–H and O–H groups in total. The fourth-order valence-electron chi connectivity index (χ4n) is 3.98. The molecule has 5 heteroatoms. The van der Waals surface area contributed by atoms with Gasteiger partial charge in [0.1, 0.15) is 5.76 Å². The first kappa shape index (κ1) is 16.0. The number of aryl methyl sites for hydroxylation is 2. The summed E-state index contributed by atoms with van der Waals surface area (Å²) in [5.74, 6) is 1.47. The Labute approximate surface area is 132 Å². The van der Waals surface area contributed by atoms with Gasteiger partial charge in [-0.3, -0.25) is 4.90 Å². The zero-order valence-electron chi connectivity index (χ0n) is 14.1. The second-order valence-electron chi connectivity index (χ2n) is 6.68. The molecule has 22 heavy (non-hydrogen) atoms. The van der Waals surface area contributed by atoms with Gasteiger partial charge in [-0.25, -0.2) is 0 Å². The number of aromatic nitrogens is 1. The first-order valence-electron chi connectivity index (χ1n) is 8.50. The molecule has 0 radical (unpaired) electrons. The minimum atomic E-state index is -0.00755. The van der Waals surface area contributed by atoms with Gasteiger partial charge < -0.3 is 14.0 Å². The number of rotatable bonds is 5. The molecule has 5 nitrogen and oxygen atoms in total. The normalized spacial score (nSPS) is 29.5. The van der Waals surface area contributed by atoms with Crippen molar-refractivity contribution >= 4 is 0 Å². The van der Waals surface area contributed by atoms with E-state index in [1.807, 2.05) is 13.8 Å². The van der Waals surface area contributed by atoms with E-state index in [0.29, 0.717) is 5.92 Å². The highest BCUT2D eigenvalue weighted by molar-refractivity contribution is 5.20. The Kier molecular flexibility index (Phi) is 4.85. The van der Waals surface area contributed by atoms with Crippen LogP contribution < -0.4 is 0 Å². The predicted molar refractivity (Wildman–Crippen MR) is 83.8 cm³/mol.